The number of ether oxygens (including phenoxy) is 1. The summed E-state index contributed by atoms with van der Waals surface area (Å²) in [6.45, 7) is 4.26. The molecule has 1 aromatic carbocycles. The number of allylic oxidation sites excluding steroid dienone is 1. The van der Waals surface area contributed by atoms with Crippen LogP contribution in [-0.2, 0) is 17.9 Å². The molecule has 0 saturated heterocycles. The zero-order valence-electron chi connectivity index (χ0n) is 18.9. The first-order chi connectivity index (χ1) is 16.2. The maximum atomic E-state index is 5.29. The van der Waals surface area contributed by atoms with E-state index in [0.717, 1.165) is 69.8 Å². The minimum Gasteiger partial charge on any atom is -0.380 e. The Kier molecular flexibility index (Phi) is 6.04. The summed E-state index contributed by atoms with van der Waals surface area (Å²) in [5.74, 6) is 0. The summed E-state index contributed by atoms with van der Waals surface area (Å²) in [4.78, 5) is 14.3. The lowest BCUT2D eigenvalue weighted by molar-refractivity contribution is 0.185. The van der Waals surface area contributed by atoms with Crippen LogP contribution in [0.1, 0.15) is 36.6 Å². The molecule has 7 nitrogen and oxygen atoms in total. The van der Waals surface area contributed by atoms with E-state index in [2.05, 4.69) is 46.5 Å². The molecule has 5 rings (SSSR count). The molecule has 0 saturated carbocycles. The van der Waals surface area contributed by atoms with Gasteiger partial charge in [-0.25, -0.2) is 4.98 Å². The molecule has 0 N–H and O–H groups in total. The minimum absolute atomic E-state index is 0.575. The van der Waals surface area contributed by atoms with Crippen LogP contribution < -0.4 is 0 Å². The van der Waals surface area contributed by atoms with Crippen LogP contribution in [0, 0.1) is 0 Å². The summed E-state index contributed by atoms with van der Waals surface area (Å²) in [7, 11) is 1.71. The van der Waals surface area contributed by atoms with Crippen molar-refractivity contribution in [1.82, 2.24) is 25.0 Å². The zero-order chi connectivity index (χ0) is 22.6. The van der Waals surface area contributed by atoms with Gasteiger partial charge in [0.1, 0.15) is 5.69 Å². The van der Waals surface area contributed by atoms with E-state index in [4.69, 9.17) is 14.7 Å². The van der Waals surface area contributed by atoms with Gasteiger partial charge in [-0.15, -0.1) is 5.10 Å². The molecule has 1 aliphatic rings. The molecular weight excluding hydrogens is 412 g/mol. The number of nitrogens with zero attached hydrogens (tertiary/aromatic N) is 6. The van der Waals surface area contributed by atoms with Gasteiger partial charge in [-0.05, 0) is 36.2 Å². The molecule has 166 valence electrons. The van der Waals surface area contributed by atoms with Crippen LogP contribution >= 0.6 is 0 Å². The monoisotopic (exact) mass is 438 g/mol. The summed E-state index contributed by atoms with van der Waals surface area (Å²) >= 11 is 0. The normalized spacial score (nSPS) is 13.4. The number of methoxy groups -OCH3 is 1. The van der Waals surface area contributed by atoms with Crippen LogP contribution in [0.4, 0.5) is 0 Å². The van der Waals surface area contributed by atoms with Crippen molar-refractivity contribution in [3.05, 3.63) is 77.8 Å². The highest BCUT2D eigenvalue weighted by Gasteiger charge is 2.18. The van der Waals surface area contributed by atoms with Gasteiger partial charge in [0.05, 0.1) is 41.8 Å². The topological polar surface area (TPSA) is 78.1 Å². The van der Waals surface area contributed by atoms with Crippen molar-refractivity contribution in [3.63, 3.8) is 0 Å². The van der Waals surface area contributed by atoms with Crippen molar-refractivity contribution in [2.45, 2.75) is 32.9 Å². The molecule has 0 amide bonds. The van der Waals surface area contributed by atoms with Gasteiger partial charge in [0.15, 0.2) is 0 Å². The molecule has 7 heteroatoms. The number of pyridine rings is 2. The third-order valence-electron chi connectivity index (χ3n) is 5.70. The van der Waals surface area contributed by atoms with E-state index in [1.807, 2.05) is 41.3 Å². The first-order valence-electron chi connectivity index (χ1n) is 11.3. The maximum absolute atomic E-state index is 5.29. The average molecular weight is 439 g/mol. The van der Waals surface area contributed by atoms with Crippen LogP contribution in [0.25, 0.3) is 27.9 Å². The number of rotatable bonds is 8. The molecule has 0 bridgehead atoms. The van der Waals surface area contributed by atoms with Gasteiger partial charge in [0.2, 0.25) is 0 Å². The Morgan fingerprint density at radius 1 is 1.03 bits per heavy atom. The van der Waals surface area contributed by atoms with Crippen molar-refractivity contribution in [2.24, 2.45) is 4.99 Å². The Balaban J connectivity index is 1.46. The second kappa shape index (κ2) is 9.42. The Morgan fingerprint density at radius 2 is 1.97 bits per heavy atom. The fourth-order valence-corrected chi connectivity index (χ4v) is 4.01. The summed E-state index contributed by atoms with van der Waals surface area (Å²) in [5.41, 5.74) is 8.49. The quantitative estimate of drug-likeness (QED) is 0.398. The largest absolute Gasteiger partial charge is 0.380 e. The molecule has 3 aromatic heterocycles. The van der Waals surface area contributed by atoms with Gasteiger partial charge in [-0.3, -0.25) is 14.7 Å². The molecule has 33 heavy (non-hydrogen) atoms. The minimum atomic E-state index is 0.575. The van der Waals surface area contributed by atoms with Gasteiger partial charge in [0.25, 0.3) is 0 Å². The number of aliphatic imine (C=N–C) groups is 1. The van der Waals surface area contributed by atoms with E-state index in [-0.39, 0.29) is 0 Å². The van der Waals surface area contributed by atoms with Crippen LogP contribution in [0.5, 0.6) is 0 Å². The molecule has 0 fully saturated rings. The van der Waals surface area contributed by atoms with E-state index in [0.29, 0.717) is 13.2 Å². The number of hydrogen-bond donors (Lipinski definition) is 0. The van der Waals surface area contributed by atoms with E-state index < -0.39 is 0 Å². The van der Waals surface area contributed by atoms with Crippen molar-refractivity contribution in [2.75, 3.05) is 13.7 Å². The predicted octanol–water partition coefficient (Wildman–Crippen LogP) is 4.72. The highest BCUT2D eigenvalue weighted by molar-refractivity contribution is 6.32. The van der Waals surface area contributed by atoms with Crippen LogP contribution in [0.15, 0.2) is 65.9 Å². The molecule has 0 atom stereocenters. The van der Waals surface area contributed by atoms with Crippen molar-refractivity contribution >= 4 is 22.3 Å². The lowest BCUT2D eigenvalue weighted by Gasteiger charge is -2.10. The second-order valence-electron chi connectivity index (χ2n) is 8.12. The maximum Gasteiger partial charge on any atom is 0.114 e. The van der Waals surface area contributed by atoms with Gasteiger partial charge >= 0.3 is 0 Å². The Labute approximate surface area is 192 Å². The fraction of sp³-hybridized carbons (Fsp3) is 0.269. The van der Waals surface area contributed by atoms with Crippen molar-refractivity contribution < 1.29 is 4.74 Å². The summed E-state index contributed by atoms with van der Waals surface area (Å²) < 4.78 is 7.17. The SMILES string of the molecule is CCCCn1cc(-c2cnc3ccc(C4=CCN=C4c4cccc(COC)c4)nc3c2)nn1. The van der Waals surface area contributed by atoms with Gasteiger partial charge in [-0.1, -0.05) is 42.8 Å². The second-order valence-corrected chi connectivity index (χ2v) is 8.12. The highest BCUT2D eigenvalue weighted by Crippen LogP contribution is 2.27. The number of aromatic nitrogens is 5. The van der Waals surface area contributed by atoms with Crippen LogP contribution in [-0.4, -0.2) is 44.3 Å². The fourth-order valence-electron chi connectivity index (χ4n) is 4.01. The molecule has 4 heterocycles. The zero-order valence-corrected chi connectivity index (χ0v) is 18.9. The standard InChI is InChI=1S/C26H26N6O/c1-3-4-12-32-16-25(30-31-32)20-14-24-23(28-15-20)9-8-22(29-24)21-10-11-27-26(21)19-7-5-6-18(13-19)17-33-2/h5-10,13-16H,3-4,11-12,17H2,1-2H3. The smallest absolute Gasteiger partial charge is 0.114 e. The summed E-state index contributed by atoms with van der Waals surface area (Å²) in [6.07, 6.45) is 8.14. The van der Waals surface area contributed by atoms with Crippen LogP contribution in [0.3, 0.4) is 0 Å². The van der Waals surface area contributed by atoms with Gasteiger partial charge in [0, 0.05) is 36.6 Å². The molecule has 4 aromatic rings. The molecule has 1 aliphatic heterocycles. The lowest BCUT2D eigenvalue weighted by Crippen LogP contribution is -2.04. The number of fused-ring (bicyclic) bond motifs is 1. The van der Waals surface area contributed by atoms with Crippen LogP contribution in [0.2, 0.25) is 0 Å². The first kappa shape index (κ1) is 21.2. The third-order valence-corrected chi connectivity index (χ3v) is 5.70. The average Bonchev–Trinajstić information content (AvgIpc) is 3.53. The third kappa shape index (κ3) is 4.45. The number of benzene rings is 1. The summed E-state index contributed by atoms with van der Waals surface area (Å²) in [5, 5.41) is 8.56. The van der Waals surface area contributed by atoms with Gasteiger partial charge < -0.3 is 4.74 Å². The highest BCUT2D eigenvalue weighted by atomic mass is 16.5. The molecular formula is C26H26N6O. The number of aryl methyl sites for hydroxylation is 1. The summed E-state index contributed by atoms with van der Waals surface area (Å²) in [6, 6.07) is 14.4. The number of unbranched alkanes of at least 4 members (excludes halogenated alkanes) is 1. The first-order valence-corrected chi connectivity index (χ1v) is 11.3. The Hall–Kier alpha value is -3.71. The van der Waals surface area contributed by atoms with E-state index in [1.54, 1.807) is 7.11 Å². The number of hydrogen-bond acceptors (Lipinski definition) is 6. The van der Waals surface area contributed by atoms with E-state index >= 15 is 0 Å². The predicted molar refractivity (Wildman–Crippen MR) is 130 cm³/mol. The van der Waals surface area contributed by atoms with Crippen molar-refractivity contribution in [3.8, 4) is 11.3 Å². The van der Waals surface area contributed by atoms with Crippen molar-refractivity contribution in [1.29, 1.82) is 0 Å². The Bertz CT molecular complexity index is 1350. The Morgan fingerprint density at radius 3 is 2.85 bits per heavy atom. The molecule has 0 unspecified atom stereocenters. The molecule has 0 radical (unpaired) electrons. The molecule has 0 aliphatic carbocycles. The van der Waals surface area contributed by atoms with Gasteiger partial charge in [-0.2, -0.15) is 0 Å². The lowest BCUT2D eigenvalue weighted by atomic mass is 9.98. The van der Waals surface area contributed by atoms with E-state index in [9.17, 15) is 0 Å². The molecule has 0 spiro atoms. The van der Waals surface area contributed by atoms with E-state index in [1.165, 1.54) is 0 Å².